The fourth-order valence-corrected chi connectivity index (χ4v) is 1.27. The molecule has 0 unspecified atom stereocenters. The molecule has 0 heterocycles. The Morgan fingerprint density at radius 3 is 2.59 bits per heavy atom. The van der Waals surface area contributed by atoms with Crippen LogP contribution in [0, 0.1) is 29.6 Å². The highest BCUT2D eigenvalue weighted by atomic mass is 35.5. The van der Waals surface area contributed by atoms with Crippen LogP contribution in [-0.4, -0.2) is 12.8 Å². The summed E-state index contributed by atoms with van der Waals surface area (Å²) in [6.45, 7) is 1.84. The van der Waals surface area contributed by atoms with Gasteiger partial charge >= 0.3 is 0 Å². The molecule has 0 saturated carbocycles. The van der Waals surface area contributed by atoms with Crippen LogP contribution in [0.15, 0.2) is 17.2 Å². The molecule has 0 aliphatic heterocycles. The van der Waals surface area contributed by atoms with Gasteiger partial charge in [0.1, 0.15) is 17.9 Å². The van der Waals surface area contributed by atoms with Crippen LogP contribution in [0.25, 0.3) is 0 Å². The molecule has 0 aliphatic rings. The van der Waals surface area contributed by atoms with Gasteiger partial charge in [-0.2, -0.15) is 15.6 Å². The van der Waals surface area contributed by atoms with Gasteiger partial charge in [-0.1, -0.05) is 11.6 Å². The Kier molecular flexibility index (Phi) is 4.33. The topological polar surface area (TPSA) is 81.2 Å². The van der Waals surface area contributed by atoms with Crippen molar-refractivity contribution in [2.45, 2.75) is 6.92 Å². The van der Waals surface area contributed by atoms with E-state index in [4.69, 9.17) is 26.9 Å². The molecular weight excluding hydrogens is 240 g/mol. The molecule has 0 bridgehead atoms. The summed E-state index contributed by atoms with van der Waals surface area (Å²) < 4.78 is 5.12. The summed E-state index contributed by atoms with van der Waals surface area (Å²) in [6, 6.07) is 6.63. The number of halogens is 1. The minimum Gasteiger partial charge on any atom is -0.495 e. The second-order valence-corrected chi connectivity index (χ2v) is 3.50. The van der Waals surface area contributed by atoms with E-state index in [2.05, 4.69) is 10.5 Å². The lowest BCUT2D eigenvalue weighted by atomic mass is 10.2. The van der Waals surface area contributed by atoms with Gasteiger partial charge in [-0.15, -0.1) is 0 Å². The fourth-order valence-electron chi connectivity index (χ4n) is 1.10. The van der Waals surface area contributed by atoms with Gasteiger partial charge in [0.2, 0.25) is 5.71 Å². The Bertz CT molecular complexity index is 524. The Morgan fingerprint density at radius 2 is 2.06 bits per heavy atom. The molecule has 0 saturated heterocycles. The maximum absolute atomic E-state index is 8.53. The number of benzene rings is 1. The van der Waals surface area contributed by atoms with Gasteiger partial charge in [0.25, 0.3) is 0 Å². The number of rotatable bonds is 3. The number of nitrogens with one attached hydrogen (secondary N) is 1. The van der Waals surface area contributed by atoms with E-state index < -0.39 is 0 Å². The Hall–Kier alpha value is -2.24. The standard InChI is InChI=1S/C11H9ClN4O/c1-7-3-11(17-2)10(4-9(7)12)16-15-8(5-13)6-14/h3-4,16H,1-2H3. The summed E-state index contributed by atoms with van der Waals surface area (Å²) in [5.41, 5.74) is 3.65. The first kappa shape index (κ1) is 12.8. The van der Waals surface area contributed by atoms with Gasteiger partial charge in [-0.25, -0.2) is 0 Å². The third kappa shape index (κ3) is 3.10. The van der Waals surface area contributed by atoms with E-state index in [0.29, 0.717) is 16.5 Å². The number of nitrogens with zero attached hydrogens (tertiary/aromatic N) is 3. The van der Waals surface area contributed by atoms with Crippen molar-refractivity contribution < 1.29 is 4.74 Å². The summed E-state index contributed by atoms with van der Waals surface area (Å²) in [6.07, 6.45) is 0. The molecule has 0 fully saturated rings. The Balaban J connectivity index is 3.08. The summed E-state index contributed by atoms with van der Waals surface area (Å²) >= 11 is 5.95. The van der Waals surface area contributed by atoms with Crippen LogP contribution >= 0.6 is 11.6 Å². The number of hydrogen-bond acceptors (Lipinski definition) is 5. The molecule has 1 aromatic rings. The zero-order chi connectivity index (χ0) is 12.8. The minimum absolute atomic E-state index is 0.274. The molecule has 0 radical (unpaired) electrons. The Labute approximate surface area is 104 Å². The lowest BCUT2D eigenvalue weighted by Gasteiger charge is -2.09. The number of methoxy groups -OCH3 is 1. The molecule has 86 valence electrons. The predicted molar refractivity (Wildman–Crippen MR) is 65.0 cm³/mol. The molecule has 1 rings (SSSR count). The summed E-state index contributed by atoms with van der Waals surface area (Å²) in [4.78, 5) is 0. The molecule has 1 aromatic carbocycles. The molecule has 0 atom stereocenters. The number of hydrogen-bond donors (Lipinski definition) is 1. The number of ether oxygens (including phenoxy) is 1. The van der Waals surface area contributed by atoms with Crippen molar-refractivity contribution in [3.8, 4) is 17.9 Å². The average molecular weight is 249 g/mol. The van der Waals surface area contributed by atoms with Gasteiger partial charge in [-0.05, 0) is 24.6 Å². The SMILES string of the molecule is COc1cc(C)c(Cl)cc1NN=C(C#N)C#N. The van der Waals surface area contributed by atoms with E-state index in [-0.39, 0.29) is 5.71 Å². The molecule has 0 spiro atoms. The molecule has 6 heteroatoms. The number of hydrazone groups is 1. The van der Waals surface area contributed by atoms with E-state index in [1.807, 2.05) is 6.92 Å². The summed E-state index contributed by atoms with van der Waals surface area (Å²) in [5, 5.41) is 21.2. The zero-order valence-electron chi connectivity index (χ0n) is 9.28. The average Bonchev–Trinajstić information content (AvgIpc) is 2.34. The molecule has 1 N–H and O–H groups in total. The van der Waals surface area contributed by atoms with Crippen molar-refractivity contribution >= 4 is 23.0 Å². The highest BCUT2D eigenvalue weighted by Crippen LogP contribution is 2.30. The van der Waals surface area contributed by atoms with Gasteiger partial charge in [0.05, 0.1) is 12.8 Å². The smallest absolute Gasteiger partial charge is 0.237 e. The molecular formula is C11H9ClN4O. The van der Waals surface area contributed by atoms with Crippen molar-refractivity contribution in [2.24, 2.45) is 5.10 Å². The van der Waals surface area contributed by atoms with E-state index in [1.165, 1.54) is 7.11 Å². The van der Waals surface area contributed by atoms with Crippen LogP contribution in [0.2, 0.25) is 5.02 Å². The lowest BCUT2D eigenvalue weighted by molar-refractivity contribution is 0.416. The fraction of sp³-hybridized carbons (Fsp3) is 0.182. The third-order valence-electron chi connectivity index (χ3n) is 1.98. The number of aryl methyl sites for hydroxylation is 1. The number of anilines is 1. The lowest BCUT2D eigenvalue weighted by Crippen LogP contribution is -1.99. The third-order valence-corrected chi connectivity index (χ3v) is 2.39. The van der Waals surface area contributed by atoms with Crippen LogP contribution in [0.3, 0.4) is 0 Å². The zero-order valence-corrected chi connectivity index (χ0v) is 10.0. The van der Waals surface area contributed by atoms with E-state index >= 15 is 0 Å². The first-order valence-electron chi connectivity index (χ1n) is 4.60. The monoisotopic (exact) mass is 248 g/mol. The first-order valence-corrected chi connectivity index (χ1v) is 4.98. The Morgan fingerprint density at radius 1 is 1.41 bits per heavy atom. The van der Waals surface area contributed by atoms with Crippen molar-refractivity contribution in [2.75, 3.05) is 12.5 Å². The number of nitriles is 2. The van der Waals surface area contributed by atoms with Gasteiger partial charge in [0.15, 0.2) is 0 Å². The van der Waals surface area contributed by atoms with Gasteiger partial charge < -0.3 is 4.74 Å². The highest BCUT2D eigenvalue weighted by molar-refractivity contribution is 6.31. The predicted octanol–water partition coefficient (Wildman–Crippen LogP) is 2.47. The van der Waals surface area contributed by atoms with E-state index in [0.717, 1.165) is 5.56 Å². The van der Waals surface area contributed by atoms with E-state index in [9.17, 15) is 0 Å². The normalized spacial score (nSPS) is 8.76. The molecule has 5 nitrogen and oxygen atoms in total. The van der Waals surface area contributed by atoms with Crippen LogP contribution in [0.4, 0.5) is 5.69 Å². The maximum Gasteiger partial charge on any atom is 0.237 e. The van der Waals surface area contributed by atoms with Crippen molar-refractivity contribution in [1.29, 1.82) is 10.5 Å². The highest BCUT2D eigenvalue weighted by Gasteiger charge is 2.06. The summed E-state index contributed by atoms with van der Waals surface area (Å²) in [7, 11) is 1.51. The molecule has 17 heavy (non-hydrogen) atoms. The van der Waals surface area contributed by atoms with Crippen molar-refractivity contribution in [1.82, 2.24) is 0 Å². The quantitative estimate of drug-likeness (QED) is 0.658. The maximum atomic E-state index is 8.53. The van der Waals surface area contributed by atoms with Gasteiger partial charge in [-0.3, -0.25) is 5.43 Å². The molecule has 0 aliphatic carbocycles. The molecule has 0 amide bonds. The van der Waals surface area contributed by atoms with Crippen LogP contribution in [0.5, 0.6) is 5.75 Å². The van der Waals surface area contributed by atoms with Crippen LogP contribution in [-0.2, 0) is 0 Å². The van der Waals surface area contributed by atoms with Gasteiger partial charge in [0, 0.05) is 5.02 Å². The second-order valence-electron chi connectivity index (χ2n) is 3.10. The minimum atomic E-state index is -0.274. The molecule has 0 aromatic heterocycles. The summed E-state index contributed by atoms with van der Waals surface area (Å²) in [5.74, 6) is 0.533. The van der Waals surface area contributed by atoms with E-state index in [1.54, 1.807) is 24.3 Å². The van der Waals surface area contributed by atoms with Crippen molar-refractivity contribution in [3.05, 3.63) is 22.7 Å². The second kappa shape index (κ2) is 5.74. The largest absolute Gasteiger partial charge is 0.495 e. The van der Waals surface area contributed by atoms with Crippen LogP contribution in [0.1, 0.15) is 5.56 Å². The van der Waals surface area contributed by atoms with Crippen molar-refractivity contribution in [3.63, 3.8) is 0 Å². The van der Waals surface area contributed by atoms with Crippen LogP contribution < -0.4 is 10.2 Å². The first-order chi connectivity index (χ1) is 8.12.